The molecule has 0 atom stereocenters. The fraction of sp³-hybridized carbons (Fsp3) is 0.909. The average molecular weight is 219 g/mol. The van der Waals surface area contributed by atoms with Crippen molar-refractivity contribution in [2.24, 2.45) is 10.8 Å². The Morgan fingerprint density at radius 2 is 2.00 bits per heavy atom. The van der Waals surface area contributed by atoms with Crippen LogP contribution in [0.1, 0.15) is 31.7 Å². The number of rotatable bonds is 1. The van der Waals surface area contributed by atoms with Crippen LogP contribution in [0.25, 0.3) is 0 Å². The van der Waals surface area contributed by atoms with Crippen LogP contribution in [0.2, 0.25) is 0 Å². The van der Waals surface area contributed by atoms with E-state index in [1.807, 2.05) is 20.8 Å². The van der Waals surface area contributed by atoms with E-state index in [2.05, 4.69) is 4.74 Å². The van der Waals surface area contributed by atoms with Crippen molar-refractivity contribution >= 4 is 5.97 Å². The Kier molecular flexibility index (Phi) is 2.33. The second-order valence-electron chi connectivity index (χ2n) is 4.89. The Morgan fingerprint density at radius 1 is 1.47 bits per heavy atom. The number of esters is 1. The number of methoxy groups -OCH3 is 1. The molecule has 0 spiro atoms. The minimum Gasteiger partial charge on any atom is -0.468 e. The number of carbonyl (C=O) groups is 1. The molecule has 0 aromatic rings. The minimum absolute atomic E-state index is 0.224. The molecule has 0 bridgehead atoms. The summed E-state index contributed by atoms with van der Waals surface area (Å²) in [7, 11) is 1.16. The molecule has 0 amide bonds. The summed E-state index contributed by atoms with van der Waals surface area (Å²) >= 11 is 0. The molecule has 0 aromatic heterocycles. The van der Waals surface area contributed by atoms with Gasteiger partial charge in [0.2, 0.25) is 0 Å². The maximum atomic E-state index is 11.7. The van der Waals surface area contributed by atoms with E-state index in [1.165, 1.54) is 0 Å². The van der Waals surface area contributed by atoms with Gasteiger partial charge in [-0.15, -0.1) is 0 Å². The molecule has 88 valence electrons. The lowest BCUT2D eigenvalue weighted by molar-refractivity contribution is -0.263. The fourth-order valence-electron chi connectivity index (χ4n) is 1.34. The lowest BCUT2D eigenvalue weighted by Crippen LogP contribution is -2.49. The molecular weight excluding hydrogens is 196 g/mol. The molecule has 1 aliphatic rings. The number of ether oxygens (including phenoxy) is 3. The first kappa shape index (κ1) is 8.53. The Bertz CT molecular complexity index is 311. The van der Waals surface area contributed by atoms with Crippen LogP contribution in [0, 0.1) is 10.8 Å². The van der Waals surface area contributed by atoms with Gasteiger partial charge in [-0.25, -0.2) is 0 Å². The van der Waals surface area contributed by atoms with Gasteiger partial charge in [0.1, 0.15) is 5.41 Å². The van der Waals surface area contributed by atoms with Crippen molar-refractivity contribution in [3.05, 3.63) is 0 Å². The predicted octanol–water partition coefficient (Wildman–Crippen LogP) is 1.58. The zero-order chi connectivity index (χ0) is 14.2. The van der Waals surface area contributed by atoms with Crippen LogP contribution in [-0.4, -0.2) is 32.6 Å². The van der Waals surface area contributed by atoms with E-state index in [1.54, 1.807) is 0 Å². The molecule has 1 aliphatic heterocycles. The van der Waals surface area contributed by atoms with Gasteiger partial charge in [0.05, 0.1) is 20.3 Å². The zero-order valence-corrected chi connectivity index (χ0v) is 9.62. The zero-order valence-electron chi connectivity index (χ0n) is 12.6. The first-order valence-electron chi connectivity index (χ1n) is 6.36. The van der Waals surface area contributed by atoms with Gasteiger partial charge in [0, 0.05) is 9.53 Å². The quantitative estimate of drug-likeness (QED) is 0.628. The predicted molar refractivity (Wildman–Crippen MR) is 55.3 cm³/mol. The van der Waals surface area contributed by atoms with E-state index in [9.17, 15) is 4.79 Å². The second-order valence-corrected chi connectivity index (χ2v) is 4.89. The average Bonchev–Trinajstić information content (AvgIpc) is 2.25. The Labute approximate surface area is 95.1 Å². The summed E-state index contributed by atoms with van der Waals surface area (Å²) in [6, 6.07) is 0. The van der Waals surface area contributed by atoms with E-state index in [0.717, 1.165) is 7.11 Å². The first-order valence-corrected chi connectivity index (χ1v) is 4.86. The third-order valence-corrected chi connectivity index (χ3v) is 2.25. The van der Waals surface area contributed by atoms with Crippen molar-refractivity contribution in [1.29, 1.82) is 0 Å². The molecule has 1 saturated heterocycles. The summed E-state index contributed by atoms with van der Waals surface area (Å²) < 4.78 is 37.9. The van der Waals surface area contributed by atoms with Crippen molar-refractivity contribution in [1.82, 2.24) is 0 Å². The van der Waals surface area contributed by atoms with Crippen LogP contribution >= 0.6 is 0 Å². The maximum Gasteiger partial charge on any atom is 0.316 e. The van der Waals surface area contributed by atoms with Crippen LogP contribution in [0.15, 0.2) is 0 Å². The smallest absolute Gasteiger partial charge is 0.316 e. The van der Waals surface area contributed by atoms with Crippen molar-refractivity contribution in [2.75, 3.05) is 20.3 Å². The van der Waals surface area contributed by atoms with Crippen molar-refractivity contribution in [3.63, 3.8) is 0 Å². The van der Waals surface area contributed by atoms with E-state index >= 15 is 0 Å². The van der Waals surface area contributed by atoms with E-state index < -0.39 is 24.5 Å². The van der Waals surface area contributed by atoms with Gasteiger partial charge in [0.15, 0.2) is 6.29 Å². The third-order valence-electron chi connectivity index (χ3n) is 2.25. The van der Waals surface area contributed by atoms with Crippen LogP contribution in [0.3, 0.4) is 0 Å². The highest BCUT2D eigenvalue weighted by Crippen LogP contribution is 2.32. The van der Waals surface area contributed by atoms with Crippen molar-refractivity contribution in [2.45, 2.75) is 33.9 Å². The molecule has 4 heteroatoms. The van der Waals surface area contributed by atoms with Gasteiger partial charge < -0.3 is 14.2 Å². The van der Waals surface area contributed by atoms with Gasteiger partial charge in [-0.05, 0) is 6.85 Å². The molecule has 0 aromatic carbocycles. The standard InChI is InChI=1S/C11H20O4/c1-10(2,3)9-14-6-11(4,7-15-9)8(12)13-5/h9H,6-7H2,1-5H3/i4D3. The largest absolute Gasteiger partial charge is 0.468 e. The molecule has 1 fully saturated rings. The molecule has 0 radical (unpaired) electrons. The molecule has 0 saturated carbocycles. The molecule has 15 heavy (non-hydrogen) atoms. The lowest BCUT2D eigenvalue weighted by atomic mass is 9.90. The van der Waals surface area contributed by atoms with E-state index in [-0.39, 0.29) is 18.6 Å². The number of hydrogen-bond acceptors (Lipinski definition) is 4. The fourth-order valence-corrected chi connectivity index (χ4v) is 1.34. The maximum absolute atomic E-state index is 11.7. The molecule has 0 N–H and O–H groups in total. The van der Waals surface area contributed by atoms with Crippen LogP contribution in [0.4, 0.5) is 0 Å². The summed E-state index contributed by atoms with van der Waals surface area (Å²) in [5.74, 6) is -0.824. The summed E-state index contributed by atoms with van der Waals surface area (Å²) in [6.07, 6.45) is -0.530. The monoisotopic (exact) mass is 219 g/mol. The molecule has 0 unspecified atom stereocenters. The second kappa shape index (κ2) is 4.10. The summed E-state index contributed by atoms with van der Waals surface area (Å²) in [5, 5.41) is 0. The molecule has 4 nitrogen and oxygen atoms in total. The Hall–Kier alpha value is -0.610. The highest BCUT2D eigenvalue weighted by atomic mass is 16.7. The van der Waals surface area contributed by atoms with Crippen LogP contribution in [-0.2, 0) is 19.0 Å². The van der Waals surface area contributed by atoms with Crippen LogP contribution in [0.5, 0.6) is 0 Å². The van der Waals surface area contributed by atoms with Gasteiger partial charge in [-0.3, -0.25) is 4.79 Å². The molecular formula is C11H20O4. The lowest BCUT2D eigenvalue weighted by Gasteiger charge is -2.40. The normalized spacial score (nSPS) is 36.3. The van der Waals surface area contributed by atoms with Crippen molar-refractivity contribution < 1.29 is 23.1 Å². The van der Waals surface area contributed by atoms with Gasteiger partial charge >= 0.3 is 5.97 Å². The molecule has 1 rings (SSSR count). The highest BCUT2D eigenvalue weighted by molar-refractivity contribution is 5.76. The number of carbonyl (C=O) groups excluding carboxylic acids is 1. The van der Waals surface area contributed by atoms with E-state index in [0.29, 0.717) is 0 Å². The van der Waals surface area contributed by atoms with Gasteiger partial charge in [-0.1, -0.05) is 20.8 Å². The highest BCUT2D eigenvalue weighted by Gasteiger charge is 2.43. The third kappa shape index (κ3) is 2.69. The van der Waals surface area contributed by atoms with Gasteiger partial charge in [-0.2, -0.15) is 0 Å². The van der Waals surface area contributed by atoms with Crippen molar-refractivity contribution in [3.8, 4) is 0 Å². The SMILES string of the molecule is [2H]C([2H])([2H])C1(C(=O)OC)COC(C(C)(C)C)OC1. The first-order chi connectivity index (χ1) is 8.04. The van der Waals surface area contributed by atoms with Crippen LogP contribution < -0.4 is 0 Å². The van der Waals surface area contributed by atoms with Gasteiger partial charge in [0.25, 0.3) is 0 Å². The Morgan fingerprint density at radius 3 is 2.33 bits per heavy atom. The summed E-state index contributed by atoms with van der Waals surface area (Å²) in [4.78, 5) is 11.7. The molecule has 1 heterocycles. The van der Waals surface area contributed by atoms with E-state index in [4.69, 9.17) is 13.6 Å². The Balaban J connectivity index is 2.91. The summed E-state index contributed by atoms with van der Waals surface area (Å²) in [5.41, 5.74) is -2.01. The topological polar surface area (TPSA) is 44.8 Å². The minimum atomic E-state index is -2.52. The summed E-state index contributed by atoms with van der Waals surface area (Å²) in [6.45, 7) is 2.77. The number of hydrogen-bond donors (Lipinski definition) is 0. The molecule has 0 aliphatic carbocycles.